The Labute approximate surface area is 106 Å². The van der Waals surface area contributed by atoms with Crippen molar-refractivity contribution in [2.45, 2.75) is 19.4 Å². The molecule has 0 bridgehead atoms. The Balaban J connectivity index is 2.22. The number of hydrogen-bond acceptors (Lipinski definition) is 3. The number of anilines is 1. The lowest BCUT2D eigenvalue weighted by molar-refractivity contribution is 0.0563. The zero-order chi connectivity index (χ0) is 13.1. The van der Waals surface area contributed by atoms with Crippen molar-refractivity contribution in [1.29, 1.82) is 0 Å². The molecule has 2 rings (SSSR count). The lowest BCUT2D eigenvalue weighted by Gasteiger charge is -2.22. The molecule has 18 heavy (non-hydrogen) atoms. The van der Waals surface area contributed by atoms with Crippen molar-refractivity contribution in [2.24, 2.45) is 0 Å². The van der Waals surface area contributed by atoms with Gasteiger partial charge in [0.05, 0.1) is 17.4 Å². The first-order chi connectivity index (χ1) is 8.59. The number of hydrogen-bond donors (Lipinski definition) is 1. The predicted molar refractivity (Wildman–Crippen MR) is 66.7 cm³/mol. The first-order valence-corrected chi connectivity index (χ1v) is 6.04. The first kappa shape index (κ1) is 12.8. The molecule has 1 fully saturated rings. The van der Waals surface area contributed by atoms with E-state index in [0.717, 1.165) is 6.42 Å². The fraction of sp³-hybridized carbons (Fsp3) is 0.462. The highest BCUT2D eigenvalue weighted by molar-refractivity contribution is 5.99. The number of carbonyl (C=O) groups is 1. The minimum atomic E-state index is -0.556. The van der Waals surface area contributed by atoms with Crippen LogP contribution in [0.5, 0.6) is 0 Å². The van der Waals surface area contributed by atoms with E-state index in [0.29, 0.717) is 19.7 Å². The van der Waals surface area contributed by atoms with Crippen LogP contribution in [0.2, 0.25) is 0 Å². The van der Waals surface area contributed by atoms with Crippen molar-refractivity contribution < 1.29 is 13.9 Å². The third-order valence-corrected chi connectivity index (χ3v) is 3.02. The van der Waals surface area contributed by atoms with Crippen LogP contribution in [0.1, 0.15) is 23.7 Å². The third kappa shape index (κ3) is 2.61. The summed E-state index contributed by atoms with van der Waals surface area (Å²) in [4.78, 5) is 14.0. The maximum absolute atomic E-state index is 13.3. The zero-order valence-corrected chi connectivity index (χ0v) is 10.4. The van der Waals surface area contributed by atoms with Crippen molar-refractivity contribution >= 4 is 11.6 Å². The SMILES string of the molecule is CC1CN(C(=O)c2cccc(F)c2N)CCCO1. The Morgan fingerprint density at radius 2 is 2.33 bits per heavy atom. The highest BCUT2D eigenvalue weighted by Gasteiger charge is 2.23. The van der Waals surface area contributed by atoms with E-state index in [4.69, 9.17) is 10.5 Å². The van der Waals surface area contributed by atoms with Crippen molar-refractivity contribution in [3.05, 3.63) is 29.6 Å². The maximum Gasteiger partial charge on any atom is 0.256 e. The molecule has 1 aromatic rings. The quantitative estimate of drug-likeness (QED) is 0.773. The van der Waals surface area contributed by atoms with Crippen LogP contribution in [0.3, 0.4) is 0 Å². The number of rotatable bonds is 1. The number of ether oxygens (including phenoxy) is 1. The molecule has 0 spiro atoms. The van der Waals surface area contributed by atoms with E-state index in [1.54, 1.807) is 11.0 Å². The molecule has 0 saturated carbocycles. The number of nitrogen functional groups attached to an aromatic ring is 1. The summed E-state index contributed by atoms with van der Waals surface area (Å²) in [6.45, 7) is 3.68. The van der Waals surface area contributed by atoms with Gasteiger partial charge < -0.3 is 15.4 Å². The molecule has 0 aromatic heterocycles. The number of amides is 1. The molecule has 1 saturated heterocycles. The average Bonchev–Trinajstić information content (AvgIpc) is 2.56. The summed E-state index contributed by atoms with van der Waals surface area (Å²) < 4.78 is 18.8. The van der Waals surface area contributed by atoms with Crippen LogP contribution >= 0.6 is 0 Å². The van der Waals surface area contributed by atoms with Gasteiger partial charge in [0, 0.05) is 19.7 Å². The summed E-state index contributed by atoms with van der Waals surface area (Å²) in [6.07, 6.45) is 0.775. The second-order valence-corrected chi connectivity index (χ2v) is 4.49. The summed E-state index contributed by atoms with van der Waals surface area (Å²) in [5, 5.41) is 0. The summed E-state index contributed by atoms with van der Waals surface area (Å²) in [6, 6.07) is 4.30. The Kier molecular flexibility index (Phi) is 3.81. The van der Waals surface area contributed by atoms with Gasteiger partial charge in [0.1, 0.15) is 5.82 Å². The van der Waals surface area contributed by atoms with E-state index in [-0.39, 0.29) is 23.3 Å². The largest absolute Gasteiger partial charge is 0.396 e. The van der Waals surface area contributed by atoms with Gasteiger partial charge in [-0.1, -0.05) is 6.07 Å². The van der Waals surface area contributed by atoms with Crippen LogP contribution in [0.25, 0.3) is 0 Å². The van der Waals surface area contributed by atoms with Gasteiger partial charge in [-0.25, -0.2) is 4.39 Å². The van der Waals surface area contributed by atoms with E-state index in [2.05, 4.69) is 0 Å². The second kappa shape index (κ2) is 5.35. The molecule has 1 aliphatic rings. The molecule has 98 valence electrons. The minimum absolute atomic E-state index is 0.00812. The van der Waals surface area contributed by atoms with Crippen LogP contribution in [0.15, 0.2) is 18.2 Å². The van der Waals surface area contributed by atoms with Gasteiger partial charge in [0.15, 0.2) is 0 Å². The Bertz CT molecular complexity index is 451. The van der Waals surface area contributed by atoms with E-state index in [1.807, 2.05) is 6.92 Å². The van der Waals surface area contributed by atoms with Gasteiger partial charge in [-0.15, -0.1) is 0 Å². The summed E-state index contributed by atoms with van der Waals surface area (Å²) in [5.41, 5.74) is 5.75. The standard InChI is InChI=1S/C13H17FN2O2/c1-9-8-16(6-3-7-18-9)13(17)10-4-2-5-11(14)12(10)15/h2,4-5,9H,3,6-8,15H2,1H3. The summed E-state index contributed by atoms with van der Waals surface area (Å²) in [5.74, 6) is -0.788. The fourth-order valence-corrected chi connectivity index (χ4v) is 2.07. The van der Waals surface area contributed by atoms with E-state index in [9.17, 15) is 9.18 Å². The molecule has 0 radical (unpaired) electrons. The first-order valence-electron chi connectivity index (χ1n) is 6.04. The van der Waals surface area contributed by atoms with E-state index >= 15 is 0 Å². The Morgan fingerprint density at radius 1 is 1.56 bits per heavy atom. The number of benzene rings is 1. The second-order valence-electron chi connectivity index (χ2n) is 4.49. The van der Waals surface area contributed by atoms with Gasteiger partial charge in [0.25, 0.3) is 5.91 Å². The fourth-order valence-electron chi connectivity index (χ4n) is 2.07. The number of nitrogens with zero attached hydrogens (tertiary/aromatic N) is 1. The molecule has 0 aliphatic carbocycles. The van der Waals surface area contributed by atoms with Gasteiger partial charge in [-0.2, -0.15) is 0 Å². The Hall–Kier alpha value is -1.62. The third-order valence-electron chi connectivity index (χ3n) is 3.02. The smallest absolute Gasteiger partial charge is 0.256 e. The molecule has 1 amide bonds. The van der Waals surface area contributed by atoms with Gasteiger partial charge >= 0.3 is 0 Å². The topological polar surface area (TPSA) is 55.6 Å². The average molecular weight is 252 g/mol. The monoisotopic (exact) mass is 252 g/mol. The van der Waals surface area contributed by atoms with Crippen molar-refractivity contribution in [3.63, 3.8) is 0 Å². The molecule has 1 heterocycles. The highest BCUT2D eigenvalue weighted by Crippen LogP contribution is 2.19. The van der Waals surface area contributed by atoms with Gasteiger partial charge in [0.2, 0.25) is 0 Å². The summed E-state index contributed by atoms with van der Waals surface area (Å²) in [7, 11) is 0. The molecular weight excluding hydrogens is 235 g/mol. The molecule has 2 N–H and O–H groups in total. The number of para-hydroxylation sites is 1. The van der Waals surface area contributed by atoms with Gasteiger partial charge in [-0.05, 0) is 25.5 Å². The summed E-state index contributed by atoms with van der Waals surface area (Å²) >= 11 is 0. The van der Waals surface area contributed by atoms with Crippen LogP contribution < -0.4 is 5.73 Å². The molecule has 4 nitrogen and oxygen atoms in total. The van der Waals surface area contributed by atoms with Crippen LogP contribution in [0.4, 0.5) is 10.1 Å². The van der Waals surface area contributed by atoms with E-state index < -0.39 is 5.82 Å². The van der Waals surface area contributed by atoms with Gasteiger partial charge in [-0.3, -0.25) is 4.79 Å². The Morgan fingerprint density at radius 3 is 3.11 bits per heavy atom. The highest BCUT2D eigenvalue weighted by atomic mass is 19.1. The maximum atomic E-state index is 13.3. The van der Waals surface area contributed by atoms with Crippen LogP contribution in [-0.2, 0) is 4.74 Å². The van der Waals surface area contributed by atoms with E-state index in [1.165, 1.54) is 12.1 Å². The zero-order valence-electron chi connectivity index (χ0n) is 10.4. The molecule has 5 heteroatoms. The number of halogens is 1. The molecule has 1 atom stereocenters. The van der Waals surface area contributed by atoms with Crippen molar-refractivity contribution in [2.75, 3.05) is 25.4 Å². The number of carbonyl (C=O) groups excluding carboxylic acids is 1. The lowest BCUT2D eigenvalue weighted by Crippen LogP contribution is -2.36. The molecule has 1 aromatic carbocycles. The van der Waals surface area contributed by atoms with Crippen LogP contribution in [0, 0.1) is 5.82 Å². The number of nitrogens with two attached hydrogens (primary N) is 1. The van der Waals surface area contributed by atoms with Crippen LogP contribution in [-0.4, -0.2) is 36.6 Å². The van der Waals surface area contributed by atoms with Crippen molar-refractivity contribution in [3.8, 4) is 0 Å². The molecule has 1 unspecified atom stereocenters. The lowest BCUT2D eigenvalue weighted by atomic mass is 10.1. The molecule has 1 aliphatic heterocycles. The predicted octanol–water partition coefficient (Wildman–Crippen LogP) is 1.66. The minimum Gasteiger partial charge on any atom is -0.396 e. The normalized spacial score (nSPS) is 20.6. The molecular formula is C13H17FN2O2. The van der Waals surface area contributed by atoms with Crippen molar-refractivity contribution in [1.82, 2.24) is 4.90 Å².